The van der Waals surface area contributed by atoms with Gasteiger partial charge in [-0.3, -0.25) is 0 Å². The van der Waals surface area contributed by atoms with Crippen LogP contribution in [-0.2, 0) is 34.8 Å². The Bertz CT molecular complexity index is 1580. The van der Waals surface area contributed by atoms with Gasteiger partial charge < -0.3 is 59.5 Å². The zero-order valence-corrected chi connectivity index (χ0v) is 27.7. The number of benzene rings is 4. The molecule has 4 aliphatic rings. The molecule has 4 fully saturated rings. The molecule has 0 aromatic heterocycles. The maximum Gasteiger partial charge on any atom is 0.184 e. The van der Waals surface area contributed by atoms with E-state index in [2.05, 4.69) is 10.6 Å². The molecule has 0 amide bonds. The lowest BCUT2D eigenvalue weighted by Gasteiger charge is -2.46. The van der Waals surface area contributed by atoms with Crippen LogP contribution in [-0.4, -0.2) is 94.9 Å². The van der Waals surface area contributed by atoms with Gasteiger partial charge in [0.15, 0.2) is 25.0 Å². The van der Waals surface area contributed by atoms with Gasteiger partial charge in [-0.2, -0.15) is 0 Å². The molecule has 0 bridgehead atoms. The second-order valence-electron chi connectivity index (χ2n) is 13.4. The highest BCUT2D eigenvalue weighted by Crippen LogP contribution is 2.36. The molecule has 0 aliphatic carbocycles. The highest BCUT2D eigenvalue weighted by atomic mass is 16.7. The SMILES string of the molecule is O[C@@H]1[C@@H](O)[C@H](Nc2ccc(Cc3ccc(N[C@@H]4O[C@@H]5COC(c6ccccc6)O[C@H]5[C@H](O)[C@H]4O)cc3)cc2)O[C@@H]2COC(c3ccccc3)O[C@@H]12. The highest BCUT2D eigenvalue weighted by molar-refractivity contribution is 5.48. The summed E-state index contributed by atoms with van der Waals surface area (Å²) in [6, 6.07) is 34.5. The third kappa shape index (κ3) is 7.39. The van der Waals surface area contributed by atoms with Gasteiger partial charge in [0.1, 0.15) is 48.8 Å². The number of fused-ring (bicyclic) bond motifs is 2. The lowest BCUT2D eigenvalue weighted by Crippen LogP contribution is -2.63. The molecule has 4 aliphatic heterocycles. The second-order valence-corrected chi connectivity index (χ2v) is 13.4. The van der Waals surface area contributed by atoms with Crippen molar-refractivity contribution in [3.8, 4) is 0 Å². The molecule has 4 saturated heterocycles. The van der Waals surface area contributed by atoms with Crippen LogP contribution in [0.4, 0.5) is 11.4 Å². The summed E-state index contributed by atoms with van der Waals surface area (Å²) in [5.74, 6) is 0. The summed E-state index contributed by atoms with van der Waals surface area (Å²) in [6.07, 6.45) is -9.61. The average molecular weight is 699 g/mol. The molecule has 51 heavy (non-hydrogen) atoms. The van der Waals surface area contributed by atoms with E-state index in [0.717, 1.165) is 33.6 Å². The minimum atomic E-state index is -1.21. The molecule has 2 unspecified atom stereocenters. The summed E-state index contributed by atoms with van der Waals surface area (Å²) in [4.78, 5) is 0. The standard InChI is InChI=1S/C39H42N2O10/c42-30-32(44)36(48-28-20-46-38(50-34(28)30)24-7-3-1-4-8-24)40-26-15-11-22(12-16-26)19-23-13-17-27(18-14-23)41-37-33(45)31(43)35-29(49-37)21-47-39(51-35)25-9-5-2-6-10-25/h1-18,28-45H,19-21H2/t28-,29-,30-,31-,32-,33-,34-,35-,36-,37-,38?,39?/m1/s1. The summed E-state index contributed by atoms with van der Waals surface area (Å²) < 4.78 is 35.9. The lowest BCUT2D eigenvalue weighted by molar-refractivity contribution is -0.325. The van der Waals surface area contributed by atoms with Crippen LogP contribution in [0.2, 0.25) is 0 Å². The lowest BCUT2D eigenvalue weighted by atomic mass is 9.96. The first-order valence-electron chi connectivity index (χ1n) is 17.3. The van der Waals surface area contributed by atoms with E-state index in [1.807, 2.05) is 109 Å². The first-order chi connectivity index (χ1) is 24.9. The van der Waals surface area contributed by atoms with E-state index < -0.39 is 73.9 Å². The Morgan fingerprint density at radius 2 is 0.863 bits per heavy atom. The van der Waals surface area contributed by atoms with Gasteiger partial charge in [0.2, 0.25) is 0 Å². The molecule has 12 atom stereocenters. The van der Waals surface area contributed by atoms with Crippen LogP contribution >= 0.6 is 0 Å². The number of nitrogens with one attached hydrogen (secondary N) is 2. The Morgan fingerprint density at radius 3 is 1.25 bits per heavy atom. The largest absolute Gasteiger partial charge is 0.387 e. The van der Waals surface area contributed by atoms with Gasteiger partial charge in [-0.15, -0.1) is 0 Å². The molecule has 0 saturated carbocycles. The van der Waals surface area contributed by atoms with Crippen LogP contribution < -0.4 is 10.6 Å². The molecule has 12 heteroatoms. The van der Waals surface area contributed by atoms with Crippen molar-refractivity contribution >= 4 is 11.4 Å². The van der Waals surface area contributed by atoms with E-state index in [1.165, 1.54) is 0 Å². The van der Waals surface area contributed by atoms with Gasteiger partial charge in [0.25, 0.3) is 0 Å². The van der Waals surface area contributed by atoms with Crippen molar-refractivity contribution in [3.63, 3.8) is 0 Å². The van der Waals surface area contributed by atoms with Crippen molar-refractivity contribution in [1.29, 1.82) is 0 Å². The van der Waals surface area contributed by atoms with Crippen molar-refractivity contribution in [1.82, 2.24) is 0 Å². The van der Waals surface area contributed by atoms with E-state index >= 15 is 0 Å². The van der Waals surface area contributed by atoms with Gasteiger partial charge in [-0.1, -0.05) is 84.9 Å². The minimum Gasteiger partial charge on any atom is -0.387 e. The number of hydrogen-bond donors (Lipinski definition) is 6. The summed E-state index contributed by atoms with van der Waals surface area (Å²) in [6.45, 7) is 0.437. The van der Waals surface area contributed by atoms with Crippen LogP contribution in [0.25, 0.3) is 0 Å². The van der Waals surface area contributed by atoms with E-state index in [4.69, 9.17) is 28.4 Å². The summed E-state index contributed by atoms with van der Waals surface area (Å²) in [5.41, 5.74) is 5.27. The van der Waals surface area contributed by atoms with E-state index in [0.29, 0.717) is 6.42 Å². The van der Waals surface area contributed by atoms with E-state index in [1.54, 1.807) is 0 Å². The van der Waals surface area contributed by atoms with Gasteiger partial charge in [0.05, 0.1) is 13.2 Å². The molecule has 4 aromatic rings. The fourth-order valence-electron chi connectivity index (χ4n) is 7.02. The summed E-state index contributed by atoms with van der Waals surface area (Å²) in [5, 5.41) is 50.0. The fraction of sp³-hybridized carbons (Fsp3) is 0.385. The van der Waals surface area contributed by atoms with E-state index in [-0.39, 0.29) is 13.2 Å². The summed E-state index contributed by atoms with van der Waals surface area (Å²) in [7, 11) is 0. The van der Waals surface area contributed by atoms with Crippen molar-refractivity contribution in [3.05, 3.63) is 131 Å². The van der Waals surface area contributed by atoms with Crippen LogP contribution in [0.15, 0.2) is 109 Å². The summed E-state index contributed by atoms with van der Waals surface area (Å²) >= 11 is 0. The Balaban J connectivity index is 0.827. The van der Waals surface area contributed by atoms with E-state index in [9.17, 15) is 20.4 Å². The van der Waals surface area contributed by atoms with Crippen molar-refractivity contribution in [2.45, 2.75) is 80.3 Å². The first-order valence-corrected chi connectivity index (χ1v) is 17.3. The Morgan fingerprint density at radius 1 is 0.471 bits per heavy atom. The minimum absolute atomic E-state index is 0.218. The number of anilines is 2. The Kier molecular flexibility index (Phi) is 10.0. The van der Waals surface area contributed by atoms with Gasteiger partial charge >= 0.3 is 0 Å². The predicted molar refractivity (Wildman–Crippen MR) is 184 cm³/mol. The zero-order valence-electron chi connectivity index (χ0n) is 27.7. The number of rotatable bonds is 8. The molecule has 4 heterocycles. The number of aliphatic hydroxyl groups is 4. The van der Waals surface area contributed by atoms with Gasteiger partial charge in [0, 0.05) is 22.5 Å². The van der Waals surface area contributed by atoms with Gasteiger partial charge in [-0.25, -0.2) is 0 Å². The molecule has 12 nitrogen and oxygen atoms in total. The third-order valence-electron chi connectivity index (χ3n) is 9.83. The third-order valence-corrected chi connectivity index (χ3v) is 9.83. The molecule has 0 spiro atoms. The van der Waals surface area contributed by atoms with Crippen molar-refractivity contribution in [2.75, 3.05) is 23.8 Å². The fourth-order valence-corrected chi connectivity index (χ4v) is 7.02. The highest BCUT2D eigenvalue weighted by Gasteiger charge is 2.50. The quantitative estimate of drug-likeness (QED) is 0.160. The average Bonchev–Trinajstić information content (AvgIpc) is 3.18. The second kappa shape index (κ2) is 15.0. The first kappa shape index (κ1) is 34.2. The smallest absolute Gasteiger partial charge is 0.184 e. The molecular formula is C39H42N2O10. The van der Waals surface area contributed by atoms with Crippen LogP contribution in [0.3, 0.4) is 0 Å². The number of ether oxygens (including phenoxy) is 6. The normalized spacial score (nSPS) is 34.9. The van der Waals surface area contributed by atoms with Crippen molar-refractivity contribution < 1.29 is 48.8 Å². The topological polar surface area (TPSA) is 160 Å². The van der Waals surface area contributed by atoms with Gasteiger partial charge in [-0.05, 0) is 41.8 Å². The molecule has 4 aromatic carbocycles. The van der Waals surface area contributed by atoms with Crippen LogP contribution in [0.1, 0.15) is 34.8 Å². The maximum absolute atomic E-state index is 10.9. The molecular weight excluding hydrogens is 656 g/mol. The monoisotopic (exact) mass is 698 g/mol. The Hall–Kier alpha value is -3.92. The molecule has 0 radical (unpaired) electrons. The van der Waals surface area contributed by atoms with Crippen LogP contribution in [0.5, 0.6) is 0 Å². The zero-order chi connectivity index (χ0) is 34.9. The van der Waals surface area contributed by atoms with Crippen LogP contribution in [0, 0.1) is 0 Å². The maximum atomic E-state index is 10.9. The number of aliphatic hydroxyl groups excluding tert-OH is 4. The molecule has 8 rings (SSSR count). The molecule has 6 N–H and O–H groups in total. The predicted octanol–water partition coefficient (Wildman–Crippen LogP) is 3.22. The number of hydrogen-bond acceptors (Lipinski definition) is 12. The Labute approximate surface area is 295 Å². The van der Waals surface area contributed by atoms with Crippen molar-refractivity contribution in [2.24, 2.45) is 0 Å². The molecule has 268 valence electrons.